The summed E-state index contributed by atoms with van der Waals surface area (Å²) in [5, 5.41) is 8.86. The normalized spacial score (nSPS) is 12.7. The van der Waals surface area contributed by atoms with Gasteiger partial charge in [0.15, 0.2) is 0 Å². The zero-order valence-corrected chi connectivity index (χ0v) is 13.2. The first-order valence-electron chi connectivity index (χ1n) is 7.38. The van der Waals surface area contributed by atoms with Crippen molar-refractivity contribution in [2.45, 2.75) is 6.04 Å². The minimum absolute atomic E-state index is 0.252. The first-order chi connectivity index (χ1) is 10.6. The van der Waals surface area contributed by atoms with Gasteiger partial charge in [-0.15, -0.1) is 0 Å². The molecule has 1 unspecified atom stereocenters. The second-order valence-electron chi connectivity index (χ2n) is 5.70. The van der Waals surface area contributed by atoms with E-state index in [1.807, 2.05) is 42.2 Å². The number of nitrogens with one attached hydrogen (secondary N) is 1. The average molecular weight is 295 g/mol. The highest BCUT2D eigenvalue weighted by atomic mass is 15.2. The van der Waals surface area contributed by atoms with Gasteiger partial charge in [0, 0.05) is 30.7 Å². The number of rotatable bonds is 5. The highest BCUT2D eigenvalue weighted by molar-refractivity contribution is 5.80. The number of likely N-dealkylation sites (N-methyl/N-ethyl adjacent to an activating group) is 1. The van der Waals surface area contributed by atoms with Gasteiger partial charge in [-0.3, -0.25) is 4.68 Å². The molecule has 0 aliphatic carbocycles. The topological polar surface area (TPSA) is 46.0 Å². The third kappa shape index (κ3) is 3.09. The third-order valence-corrected chi connectivity index (χ3v) is 3.81. The van der Waals surface area contributed by atoms with Crippen LogP contribution in [0.2, 0.25) is 0 Å². The van der Waals surface area contributed by atoms with Crippen molar-refractivity contribution in [3.05, 3.63) is 54.4 Å². The maximum atomic E-state index is 4.65. The Balaban J connectivity index is 1.76. The highest BCUT2D eigenvalue weighted by Gasteiger charge is 2.15. The SMILES string of the molecule is CN(C)C(CNc1ccc2ccccc2n1)c1cnn(C)c1. The first-order valence-corrected chi connectivity index (χ1v) is 7.38. The number of anilines is 1. The molecule has 5 nitrogen and oxygen atoms in total. The fraction of sp³-hybridized carbons (Fsp3) is 0.294. The van der Waals surface area contributed by atoms with E-state index in [0.717, 1.165) is 23.3 Å². The van der Waals surface area contributed by atoms with Gasteiger partial charge in [0.1, 0.15) is 5.82 Å². The molecule has 3 aromatic rings. The van der Waals surface area contributed by atoms with E-state index >= 15 is 0 Å². The van der Waals surface area contributed by atoms with Crippen LogP contribution in [0.4, 0.5) is 5.82 Å². The number of hydrogen-bond donors (Lipinski definition) is 1. The summed E-state index contributed by atoms with van der Waals surface area (Å²) in [7, 11) is 6.09. The second kappa shape index (κ2) is 6.15. The van der Waals surface area contributed by atoms with Crippen molar-refractivity contribution < 1.29 is 0 Å². The van der Waals surface area contributed by atoms with Crippen LogP contribution in [0.3, 0.4) is 0 Å². The maximum Gasteiger partial charge on any atom is 0.126 e. The molecule has 2 aromatic heterocycles. The van der Waals surface area contributed by atoms with Gasteiger partial charge in [0.05, 0.1) is 17.8 Å². The molecule has 114 valence electrons. The van der Waals surface area contributed by atoms with E-state index in [4.69, 9.17) is 0 Å². The molecule has 22 heavy (non-hydrogen) atoms. The molecule has 5 heteroatoms. The van der Waals surface area contributed by atoms with Crippen LogP contribution in [0.25, 0.3) is 10.9 Å². The van der Waals surface area contributed by atoms with Gasteiger partial charge < -0.3 is 10.2 Å². The van der Waals surface area contributed by atoms with E-state index < -0.39 is 0 Å². The number of fused-ring (bicyclic) bond motifs is 1. The molecule has 3 rings (SSSR count). The summed E-state index contributed by atoms with van der Waals surface area (Å²) in [5.41, 5.74) is 2.20. The average Bonchev–Trinajstić information content (AvgIpc) is 2.93. The van der Waals surface area contributed by atoms with Crippen LogP contribution in [0.1, 0.15) is 11.6 Å². The number of benzene rings is 1. The number of hydrogen-bond acceptors (Lipinski definition) is 4. The van der Waals surface area contributed by atoms with E-state index in [9.17, 15) is 0 Å². The number of para-hydroxylation sites is 1. The molecule has 0 bridgehead atoms. The van der Waals surface area contributed by atoms with E-state index in [1.165, 1.54) is 5.56 Å². The summed E-state index contributed by atoms with van der Waals surface area (Å²) in [6, 6.07) is 12.5. The Morgan fingerprint density at radius 2 is 2.00 bits per heavy atom. The molecule has 0 saturated heterocycles. The van der Waals surface area contributed by atoms with Crippen molar-refractivity contribution in [1.82, 2.24) is 19.7 Å². The van der Waals surface area contributed by atoms with Crippen molar-refractivity contribution in [3.63, 3.8) is 0 Å². The number of nitrogens with zero attached hydrogens (tertiary/aromatic N) is 4. The zero-order chi connectivity index (χ0) is 15.5. The fourth-order valence-corrected chi connectivity index (χ4v) is 2.58. The molecular weight excluding hydrogens is 274 g/mol. The van der Waals surface area contributed by atoms with E-state index in [-0.39, 0.29) is 6.04 Å². The van der Waals surface area contributed by atoms with Gasteiger partial charge >= 0.3 is 0 Å². The molecule has 2 heterocycles. The molecule has 1 N–H and O–H groups in total. The predicted molar refractivity (Wildman–Crippen MR) is 89.9 cm³/mol. The molecule has 0 saturated carbocycles. The minimum Gasteiger partial charge on any atom is -0.368 e. The smallest absolute Gasteiger partial charge is 0.126 e. The minimum atomic E-state index is 0.252. The first kappa shape index (κ1) is 14.5. The second-order valence-corrected chi connectivity index (χ2v) is 5.70. The molecule has 0 amide bonds. The standard InChI is InChI=1S/C17H21N5/c1-21(2)16(14-10-19-22(3)12-14)11-18-17-9-8-13-6-4-5-7-15(13)20-17/h4-10,12,16H,11H2,1-3H3,(H,18,20). The molecular formula is C17H21N5. The summed E-state index contributed by atoms with van der Waals surface area (Å²) in [6.07, 6.45) is 3.97. The summed E-state index contributed by atoms with van der Waals surface area (Å²) >= 11 is 0. The highest BCUT2D eigenvalue weighted by Crippen LogP contribution is 2.19. The Labute approximate surface area is 130 Å². The van der Waals surface area contributed by atoms with E-state index in [1.54, 1.807) is 0 Å². The lowest BCUT2D eigenvalue weighted by Crippen LogP contribution is -2.26. The Hall–Kier alpha value is -2.40. The predicted octanol–water partition coefficient (Wildman–Crippen LogP) is 2.68. The summed E-state index contributed by atoms with van der Waals surface area (Å²) in [4.78, 5) is 6.84. The summed E-state index contributed by atoms with van der Waals surface area (Å²) in [5.74, 6) is 0.898. The van der Waals surface area contributed by atoms with Crippen LogP contribution in [0.5, 0.6) is 0 Å². The lowest BCUT2D eigenvalue weighted by atomic mass is 10.1. The van der Waals surface area contributed by atoms with Crippen molar-refractivity contribution in [2.24, 2.45) is 7.05 Å². The maximum absolute atomic E-state index is 4.65. The van der Waals surface area contributed by atoms with Crippen LogP contribution in [-0.4, -0.2) is 40.3 Å². The van der Waals surface area contributed by atoms with Crippen molar-refractivity contribution >= 4 is 16.7 Å². The lowest BCUT2D eigenvalue weighted by molar-refractivity contribution is 0.311. The fourth-order valence-electron chi connectivity index (χ4n) is 2.58. The molecule has 1 aromatic carbocycles. The van der Waals surface area contributed by atoms with Crippen LogP contribution >= 0.6 is 0 Å². The third-order valence-electron chi connectivity index (χ3n) is 3.81. The number of pyridine rings is 1. The quantitative estimate of drug-likeness (QED) is 0.786. The van der Waals surface area contributed by atoms with Crippen molar-refractivity contribution in [1.29, 1.82) is 0 Å². The van der Waals surface area contributed by atoms with Gasteiger partial charge in [-0.25, -0.2) is 4.98 Å². The van der Waals surface area contributed by atoms with E-state index in [0.29, 0.717) is 0 Å². The monoisotopic (exact) mass is 295 g/mol. The Bertz CT molecular complexity index is 762. The molecule has 0 aliphatic heterocycles. The largest absolute Gasteiger partial charge is 0.368 e. The lowest BCUT2D eigenvalue weighted by Gasteiger charge is -2.23. The van der Waals surface area contributed by atoms with E-state index in [2.05, 4.69) is 52.7 Å². The molecule has 1 atom stereocenters. The van der Waals surface area contributed by atoms with Gasteiger partial charge in [0.25, 0.3) is 0 Å². The zero-order valence-electron chi connectivity index (χ0n) is 13.2. The van der Waals surface area contributed by atoms with Gasteiger partial charge in [-0.1, -0.05) is 18.2 Å². The summed E-state index contributed by atoms with van der Waals surface area (Å²) in [6.45, 7) is 0.782. The van der Waals surface area contributed by atoms with Gasteiger partial charge in [-0.2, -0.15) is 5.10 Å². The Morgan fingerprint density at radius 3 is 2.73 bits per heavy atom. The van der Waals surface area contributed by atoms with Crippen LogP contribution in [-0.2, 0) is 7.05 Å². The summed E-state index contributed by atoms with van der Waals surface area (Å²) < 4.78 is 1.83. The van der Waals surface area contributed by atoms with Crippen LogP contribution in [0, 0.1) is 0 Å². The van der Waals surface area contributed by atoms with Crippen molar-refractivity contribution in [3.8, 4) is 0 Å². The molecule has 0 fully saturated rings. The van der Waals surface area contributed by atoms with Gasteiger partial charge in [-0.05, 0) is 32.3 Å². The Morgan fingerprint density at radius 1 is 1.18 bits per heavy atom. The van der Waals surface area contributed by atoms with Gasteiger partial charge in [0.2, 0.25) is 0 Å². The van der Waals surface area contributed by atoms with Crippen molar-refractivity contribution in [2.75, 3.05) is 26.0 Å². The molecule has 0 radical (unpaired) electrons. The number of aryl methyl sites for hydroxylation is 1. The molecule has 0 aliphatic rings. The Kier molecular flexibility index (Phi) is 4.06. The molecule has 0 spiro atoms. The van der Waals surface area contributed by atoms with Crippen LogP contribution in [0.15, 0.2) is 48.8 Å². The number of aromatic nitrogens is 3. The van der Waals surface area contributed by atoms with Crippen LogP contribution < -0.4 is 5.32 Å².